The molecule has 0 amide bonds. The average Bonchev–Trinajstić information content (AvgIpc) is 2.51. The third-order valence-electron chi connectivity index (χ3n) is 3.55. The molecule has 2 rings (SSSR count). The molecule has 21 heavy (non-hydrogen) atoms. The number of nitrogens with one attached hydrogen (secondary N) is 1. The average molecular weight is 322 g/mol. The molecule has 1 unspecified atom stereocenters. The highest BCUT2D eigenvalue weighted by Crippen LogP contribution is 2.26. The van der Waals surface area contributed by atoms with Crippen molar-refractivity contribution in [2.75, 3.05) is 13.1 Å². The Kier molecular flexibility index (Phi) is 6.56. The highest BCUT2D eigenvalue weighted by molar-refractivity contribution is 6.42. The summed E-state index contributed by atoms with van der Waals surface area (Å²) in [6.07, 6.45) is 2.10. The van der Waals surface area contributed by atoms with E-state index in [9.17, 15) is 0 Å². The maximum atomic E-state index is 6.12. The molecule has 1 N–H and O–H groups in total. The first kappa shape index (κ1) is 16.4. The Bertz CT molecular complexity index is 554. The van der Waals surface area contributed by atoms with Gasteiger partial charge in [-0.1, -0.05) is 66.5 Å². The Morgan fingerprint density at radius 2 is 1.76 bits per heavy atom. The molecule has 0 aliphatic carbocycles. The molecular weight excluding hydrogens is 301 g/mol. The van der Waals surface area contributed by atoms with Gasteiger partial charge in [0.1, 0.15) is 0 Å². The van der Waals surface area contributed by atoms with Crippen LogP contribution in [0.1, 0.15) is 30.4 Å². The van der Waals surface area contributed by atoms with E-state index in [1.165, 1.54) is 11.1 Å². The summed E-state index contributed by atoms with van der Waals surface area (Å²) in [5.41, 5.74) is 2.57. The second-order valence-electron chi connectivity index (χ2n) is 5.26. The fourth-order valence-electron chi connectivity index (χ4n) is 2.44. The summed E-state index contributed by atoms with van der Waals surface area (Å²) in [4.78, 5) is 0. The Hall–Kier alpha value is -1.02. The van der Waals surface area contributed by atoms with Crippen LogP contribution in [0.3, 0.4) is 0 Å². The molecular formula is C18H21Cl2N. The number of benzene rings is 2. The predicted molar refractivity (Wildman–Crippen MR) is 92.5 cm³/mol. The summed E-state index contributed by atoms with van der Waals surface area (Å²) in [6.45, 7) is 4.20. The number of hydrogen-bond acceptors (Lipinski definition) is 1. The van der Waals surface area contributed by atoms with Crippen molar-refractivity contribution in [1.29, 1.82) is 0 Å². The minimum atomic E-state index is 0.440. The Balaban J connectivity index is 2.13. The maximum Gasteiger partial charge on any atom is 0.0595 e. The van der Waals surface area contributed by atoms with Crippen LogP contribution in [0.25, 0.3) is 0 Å². The second kappa shape index (κ2) is 8.43. The molecule has 2 aromatic carbocycles. The zero-order valence-electron chi connectivity index (χ0n) is 12.3. The van der Waals surface area contributed by atoms with Crippen LogP contribution in [0.15, 0.2) is 48.5 Å². The number of rotatable bonds is 7. The molecule has 3 heteroatoms. The van der Waals surface area contributed by atoms with Crippen LogP contribution < -0.4 is 5.32 Å². The highest BCUT2D eigenvalue weighted by Gasteiger charge is 2.12. The first-order valence-electron chi connectivity index (χ1n) is 7.40. The molecule has 0 heterocycles. The molecule has 2 aromatic rings. The van der Waals surface area contributed by atoms with E-state index in [2.05, 4.69) is 48.6 Å². The molecule has 0 bridgehead atoms. The lowest BCUT2D eigenvalue weighted by atomic mass is 9.92. The van der Waals surface area contributed by atoms with Gasteiger partial charge in [-0.3, -0.25) is 0 Å². The zero-order chi connectivity index (χ0) is 15.1. The standard InChI is InChI=1S/C18H21Cl2N/c1-2-10-21-13-16(15-6-4-3-5-7-15)11-14-8-9-17(19)18(20)12-14/h3-9,12,16,21H,2,10-11,13H2,1H3. The summed E-state index contributed by atoms with van der Waals surface area (Å²) < 4.78 is 0. The van der Waals surface area contributed by atoms with Crippen LogP contribution in [0.5, 0.6) is 0 Å². The van der Waals surface area contributed by atoms with Crippen LogP contribution in [0, 0.1) is 0 Å². The van der Waals surface area contributed by atoms with Crippen LogP contribution >= 0.6 is 23.2 Å². The van der Waals surface area contributed by atoms with E-state index in [-0.39, 0.29) is 0 Å². The molecule has 0 aliphatic rings. The first-order chi connectivity index (χ1) is 10.2. The van der Waals surface area contributed by atoms with E-state index in [4.69, 9.17) is 23.2 Å². The van der Waals surface area contributed by atoms with Crippen molar-refractivity contribution in [1.82, 2.24) is 5.32 Å². The van der Waals surface area contributed by atoms with Gasteiger partial charge in [-0.15, -0.1) is 0 Å². The Morgan fingerprint density at radius 3 is 2.43 bits per heavy atom. The molecule has 0 aliphatic heterocycles. The number of hydrogen-bond donors (Lipinski definition) is 1. The zero-order valence-corrected chi connectivity index (χ0v) is 13.8. The summed E-state index contributed by atoms with van der Waals surface area (Å²) in [6, 6.07) is 16.5. The topological polar surface area (TPSA) is 12.0 Å². The third kappa shape index (κ3) is 5.03. The van der Waals surface area contributed by atoms with Crippen LogP contribution in [0.2, 0.25) is 10.0 Å². The molecule has 0 fully saturated rings. The van der Waals surface area contributed by atoms with Crippen LogP contribution in [-0.4, -0.2) is 13.1 Å². The van der Waals surface area contributed by atoms with Crippen molar-refractivity contribution in [3.8, 4) is 0 Å². The van der Waals surface area contributed by atoms with Crippen molar-refractivity contribution >= 4 is 23.2 Å². The van der Waals surface area contributed by atoms with Gasteiger partial charge in [-0.05, 0) is 42.6 Å². The van der Waals surface area contributed by atoms with E-state index in [0.717, 1.165) is 25.9 Å². The Labute approximate surface area is 137 Å². The van der Waals surface area contributed by atoms with Gasteiger partial charge in [0.05, 0.1) is 10.0 Å². The van der Waals surface area contributed by atoms with Crippen LogP contribution in [-0.2, 0) is 6.42 Å². The van der Waals surface area contributed by atoms with Gasteiger partial charge in [-0.2, -0.15) is 0 Å². The maximum absolute atomic E-state index is 6.12. The Morgan fingerprint density at radius 1 is 1.00 bits per heavy atom. The van der Waals surface area contributed by atoms with Gasteiger partial charge in [0.15, 0.2) is 0 Å². The van der Waals surface area contributed by atoms with Gasteiger partial charge in [-0.25, -0.2) is 0 Å². The lowest BCUT2D eigenvalue weighted by Gasteiger charge is -2.18. The predicted octanol–water partition coefficient (Wildman–Crippen LogP) is 5.32. The lowest BCUT2D eigenvalue weighted by molar-refractivity contribution is 0.576. The summed E-state index contributed by atoms with van der Waals surface area (Å²) in [5.74, 6) is 0.440. The summed E-state index contributed by atoms with van der Waals surface area (Å²) in [7, 11) is 0. The van der Waals surface area contributed by atoms with Gasteiger partial charge < -0.3 is 5.32 Å². The molecule has 0 radical (unpaired) electrons. The van der Waals surface area contributed by atoms with E-state index >= 15 is 0 Å². The molecule has 0 saturated heterocycles. The van der Waals surface area contributed by atoms with E-state index in [1.54, 1.807) is 0 Å². The van der Waals surface area contributed by atoms with E-state index in [0.29, 0.717) is 16.0 Å². The van der Waals surface area contributed by atoms with E-state index < -0.39 is 0 Å². The van der Waals surface area contributed by atoms with Crippen molar-refractivity contribution in [3.63, 3.8) is 0 Å². The fourth-order valence-corrected chi connectivity index (χ4v) is 2.76. The van der Waals surface area contributed by atoms with Crippen LogP contribution in [0.4, 0.5) is 0 Å². The van der Waals surface area contributed by atoms with Gasteiger partial charge in [0.2, 0.25) is 0 Å². The number of halogens is 2. The van der Waals surface area contributed by atoms with E-state index in [1.807, 2.05) is 12.1 Å². The molecule has 1 atom stereocenters. The lowest BCUT2D eigenvalue weighted by Crippen LogP contribution is -2.23. The quantitative estimate of drug-likeness (QED) is 0.680. The largest absolute Gasteiger partial charge is 0.316 e. The monoisotopic (exact) mass is 321 g/mol. The molecule has 0 spiro atoms. The fraction of sp³-hybridized carbons (Fsp3) is 0.333. The second-order valence-corrected chi connectivity index (χ2v) is 6.08. The minimum Gasteiger partial charge on any atom is -0.316 e. The summed E-state index contributed by atoms with van der Waals surface area (Å²) in [5, 5.41) is 4.76. The smallest absolute Gasteiger partial charge is 0.0595 e. The van der Waals surface area contributed by atoms with Gasteiger partial charge in [0, 0.05) is 12.5 Å². The first-order valence-corrected chi connectivity index (χ1v) is 8.16. The molecule has 112 valence electrons. The van der Waals surface area contributed by atoms with Crippen molar-refractivity contribution < 1.29 is 0 Å². The summed E-state index contributed by atoms with van der Waals surface area (Å²) >= 11 is 12.1. The minimum absolute atomic E-state index is 0.440. The molecule has 0 saturated carbocycles. The normalized spacial score (nSPS) is 12.3. The molecule has 1 nitrogen and oxygen atoms in total. The van der Waals surface area contributed by atoms with Gasteiger partial charge >= 0.3 is 0 Å². The highest BCUT2D eigenvalue weighted by atomic mass is 35.5. The molecule has 0 aromatic heterocycles. The van der Waals surface area contributed by atoms with Crippen molar-refractivity contribution in [2.45, 2.75) is 25.7 Å². The SMILES string of the molecule is CCCNCC(Cc1ccc(Cl)c(Cl)c1)c1ccccc1. The van der Waals surface area contributed by atoms with Gasteiger partial charge in [0.25, 0.3) is 0 Å². The third-order valence-corrected chi connectivity index (χ3v) is 4.29. The van der Waals surface area contributed by atoms with Crippen molar-refractivity contribution in [3.05, 3.63) is 69.7 Å². The van der Waals surface area contributed by atoms with Crippen molar-refractivity contribution in [2.24, 2.45) is 0 Å².